The molecule has 0 atom stereocenters. The van der Waals surface area contributed by atoms with Crippen molar-refractivity contribution in [1.29, 1.82) is 0 Å². The number of amides is 2. The highest BCUT2D eigenvalue weighted by Crippen LogP contribution is 2.17. The normalized spacial score (nSPS) is 10.3. The zero-order valence-corrected chi connectivity index (χ0v) is 14.3. The third-order valence-electron chi connectivity index (χ3n) is 3.66. The van der Waals surface area contributed by atoms with Gasteiger partial charge in [-0.2, -0.15) is 0 Å². The quantitative estimate of drug-likeness (QED) is 0.715. The molecule has 3 aromatic rings. The van der Waals surface area contributed by atoms with Crippen LogP contribution < -0.4 is 10.6 Å². The highest BCUT2D eigenvalue weighted by atomic mass is 16.2. The first-order valence-electron chi connectivity index (χ1n) is 8.31. The fourth-order valence-corrected chi connectivity index (χ4v) is 2.42. The lowest BCUT2D eigenvalue weighted by Gasteiger charge is -2.09. The molecule has 0 aliphatic heterocycles. The maximum absolute atomic E-state index is 12.5. The van der Waals surface area contributed by atoms with Crippen molar-refractivity contribution in [2.45, 2.75) is 19.8 Å². The number of nitrogens with one attached hydrogen (secondary N) is 2. The fraction of sp³-hybridized carbons (Fsp3) is 0.158. The van der Waals surface area contributed by atoms with Gasteiger partial charge >= 0.3 is 0 Å². The molecule has 1 aromatic carbocycles. The van der Waals surface area contributed by atoms with Gasteiger partial charge in [-0.1, -0.05) is 13.0 Å². The maximum atomic E-state index is 12.5. The third kappa shape index (κ3) is 4.32. The highest BCUT2D eigenvalue weighted by molar-refractivity contribution is 6.04. The molecular weight excluding hydrogens is 330 g/mol. The van der Waals surface area contributed by atoms with Crippen LogP contribution in [0.1, 0.15) is 30.1 Å². The summed E-state index contributed by atoms with van der Waals surface area (Å²) in [5, 5.41) is 5.65. The second-order valence-electron chi connectivity index (χ2n) is 5.71. The number of benzene rings is 1. The number of carbonyl (C=O) groups excluding carboxylic acids is 2. The Bertz CT molecular complexity index is 906. The summed E-state index contributed by atoms with van der Waals surface area (Å²) in [6, 6.07) is 10.4. The van der Waals surface area contributed by atoms with Gasteiger partial charge in [0.2, 0.25) is 5.91 Å². The van der Waals surface area contributed by atoms with Gasteiger partial charge in [0.15, 0.2) is 0 Å². The summed E-state index contributed by atoms with van der Waals surface area (Å²) in [6.07, 6.45) is 7.84. The minimum absolute atomic E-state index is 0.0462. The van der Waals surface area contributed by atoms with Gasteiger partial charge in [-0.25, -0.2) is 9.97 Å². The smallest absolute Gasteiger partial charge is 0.255 e. The number of anilines is 2. The largest absolute Gasteiger partial charge is 0.326 e. The first-order chi connectivity index (χ1) is 12.7. The van der Waals surface area contributed by atoms with Crippen LogP contribution in [0.3, 0.4) is 0 Å². The van der Waals surface area contributed by atoms with E-state index < -0.39 is 0 Å². The van der Waals surface area contributed by atoms with Crippen LogP contribution in [0.15, 0.2) is 61.3 Å². The monoisotopic (exact) mass is 349 g/mol. The molecule has 2 N–H and O–H groups in total. The maximum Gasteiger partial charge on any atom is 0.255 e. The molecule has 2 heterocycles. The summed E-state index contributed by atoms with van der Waals surface area (Å²) in [5.74, 6) is 0.302. The molecule has 0 saturated heterocycles. The predicted molar refractivity (Wildman–Crippen MR) is 99.3 cm³/mol. The average molecular weight is 349 g/mol. The molecule has 0 saturated carbocycles. The van der Waals surface area contributed by atoms with E-state index in [4.69, 9.17) is 0 Å². The minimum Gasteiger partial charge on any atom is -0.326 e. The van der Waals surface area contributed by atoms with E-state index in [0.29, 0.717) is 29.2 Å². The number of pyridine rings is 1. The van der Waals surface area contributed by atoms with E-state index >= 15 is 0 Å². The van der Waals surface area contributed by atoms with E-state index in [9.17, 15) is 9.59 Å². The molecular formula is C19H19N5O2. The molecule has 2 aromatic heterocycles. The Hall–Kier alpha value is -3.48. The van der Waals surface area contributed by atoms with E-state index in [2.05, 4.69) is 20.6 Å². The Morgan fingerprint density at radius 3 is 2.62 bits per heavy atom. The Morgan fingerprint density at radius 2 is 1.88 bits per heavy atom. The van der Waals surface area contributed by atoms with Gasteiger partial charge in [-0.3, -0.25) is 14.2 Å². The summed E-state index contributed by atoms with van der Waals surface area (Å²) < 4.78 is 1.72. The number of hydrogen-bond donors (Lipinski definition) is 2. The molecule has 0 fully saturated rings. The number of carbonyl (C=O) groups is 2. The summed E-state index contributed by atoms with van der Waals surface area (Å²) in [6.45, 7) is 1.95. The molecule has 7 heteroatoms. The lowest BCUT2D eigenvalue weighted by molar-refractivity contribution is -0.116. The molecule has 0 unspecified atom stereocenters. The van der Waals surface area contributed by atoms with Crippen molar-refractivity contribution in [2.24, 2.45) is 0 Å². The van der Waals surface area contributed by atoms with E-state index in [-0.39, 0.29) is 11.8 Å². The van der Waals surface area contributed by atoms with Crippen molar-refractivity contribution in [3.8, 4) is 5.82 Å². The highest BCUT2D eigenvalue weighted by Gasteiger charge is 2.09. The first-order valence-corrected chi connectivity index (χ1v) is 8.31. The van der Waals surface area contributed by atoms with Crippen molar-refractivity contribution >= 4 is 23.2 Å². The van der Waals surface area contributed by atoms with Crippen molar-refractivity contribution in [1.82, 2.24) is 14.5 Å². The van der Waals surface area contributed by atoms with Crippen LogP contribution in [-0.2, 0) is 4.79 Å². The Balaban J connectivity index is 1.72. The molecule has 0 aliphatic rings. The van der Waals surface area contributed by atoms with Gasteiger partial charge in [0.1, 0.15) is 12.1 Å². The summed E-state index contributed by atoms with van der Waals surface area (Å²) >= 11 is 0. The van der Waals surface area contributed by atoms with Crippen molar-refractivity contribution < 1.29 is 9.59 Å². The topological polar surface area (TPSA) is 88.9 Å². The molecule has 0 radical (unpaired) electrons. The SMILES string of the molecule is CCCC(=O)Nc1cccc(NC(=O)c2ccnc(-n3ccnc3)c2)c1. The van der Waals surface area contributed by atoms with Crippen molar-refractivity contribution in [2.75, 3.05) is 10.6 Å². The second kappa shape index (κ2) is 8.06. The van der Waals surface area contributed by atoms with E-state index in [1.54, 1.807) is 65.9 Å². The Kier molecular flexibility index (Phi) is 5.38. The van der Waals surface area contributed by atoms with Crippen LogP contribution in [0.5, 0.6) is 0 Å². The third-order valence-corrected chi connectivity index (χ3v) is 3.66. The van der Waals surface area contributed by atoms with Gasteiger partial charge in [0, 0.05) is 41.9 Å². The van der Waals surface area contributed by atoms with Crippen LogP contribution in [0.25, 0.3) is 5.82 Å². The molecule has 0 spiro atoms. The van der Waals surface area contributed by atoms with Crippen LogP contribution in [0.2, 0.25) is 0 Å². The van der Waals surface area contributed by atoms with Crippen LogP contribution in [-0.4, -0.2) is 26.3 Å². The van der Waals surface area contributed by atoms with Gasteiger partial charge in [0.05, 0.1) is 0 Å². The van der Waals surface area contributed by atoms with Crippen LogP contribution >= 0.6 is 0 Å². The molecule has 3 rings (SSSR count). The van der Waals surface area contributed by atoms with E-state index in [1.807, 2.05) is 6.92 Å². The zero-order valence-electron chi connectivity index (χ0n) is 14.3. The number of nitrogens with zero attached hydrogens (tertiary/aromatic N) is 3. The Labute approximate surface area is 151 Å². The minimum atomic E-state index is -0.259. The average Bonchev–Trinajstić information content (AvgIpc) is 3.17. The molecule has 0 aliphatic carbocycles. The lowest BCUT2D eigenvalue weighted by atomic mass is 10.2. The number of imidazole rings is 1. The van der Waals surface area contributed by atoms with Crippen LogP contribution in [0.4, 0.5) is 11.4 Å². The van der Waals surface area contributed by atoms with Crippen molar-refractivity contribution in [3.05, 3.63) is 66.9 Å². The summed E-state index contributed by atoms with van der Waals surface area (Å²) in [5.41, 5.74) is 1.73. The lowest BCUT2D eigenvalue weighted by Crippen LogP contribution is -2.14. The van der Waals surface area contributed by atoms with Crippen LogP contribution in [0, 0.1) is 0 Å². The number of hydrogen-bond acceptors (Lipinski definition) is 4. The standard InChI is InChI=1S/C19H19N5O2/c1-2-4-18(25)22-15-5-3-6-16(12-15)23-19(26)14-7-8-21-17(11-14)24-10-9-20-13-24/h3,5-13H,2,4H2,1H3,(H,22,25)(H,23,26). The second-order valence-corrected chi connectivity index (χ2v) is 5.71. The van der Waals surface area contributed by atoms with E-state index in [1.165, 1.54) is 0 Å². The number of rotatable bonds is 6. The molecule has 2 amide bonds. The molecule has 132 valence electrons. The summed E-state index contributed by atoms with van der Waals surface area (Å²) in [7, 11) is 0. The van der Waals surface area contributed by atoms with Gasteiger partial charge < -0.3 is 10.6 Å². The zero-order chi connectivity index (χ0) is 18.4. The molecule has 0 bridgehead atoms. The van der Waals surface area contributed by atoms with Gasteiger partial charge in [-0.15, -0.1) is 0 Å². The van der Waals surface area contributed by atoms with Gasteiger partial charge in [-0.05, 0) is 36.8 Å². The van der Waals surface area contributed by atoms with Crippen molar-refractivity contribution in [3.63, 3.8) is 0 Å². The predicted octanol–water partition coefficient (Wildman–Crippen LogP) is 3.26. The molecule has 26 heavy (non-hydrogen) atoms. The molecule has 7 nitrogen and oxygen atoms in total. The van der Waals surface area contributed by atoms with E-state index in [0.717, 1.165) is 6.42 Å². The van der Waals surface area contributed by atoms with Gasteiger partial charge in [0.25, 0.3) is 5.91 Å². The fourth-order valence-electron chi connectivity index (χ4n) is 2.42. The number of aromatic nitrogens is 3. The Morgan fingerprint density at radius 1 is 1.08 bits per heavy atom. The summed E-state index contributed by atoms with van der Waals surface area (Å²) in [4.78, 5) is 32.4. The first kappa shape index (κ1) is 17.3.